The van der Waals surface area contributed by atoms with E-state index in [0.29, 0.717) is 18.1 Å². The van der Waals surface area contributed by atoms with Crippen molar-refractivity contribution in [2.24, 2.45) is 5.73 Å². The number of hydrogen-bond donors (Lipinski definition) is 2. The maximum atomic E-state index is 8.99. The van der Waals surface area contributed by atoms with Crippen LogP contribution in [0.2, 0.25) is 5.02 Å². The number of benzene rings is 2. The van der Waals surface area contributed by atoms with Crippen LogP contribution in [0.5, 0.6) is 5.75 Å². The van der Waals surface area contributed by atoms with Gasteiger partial charge in [0.1, 0.15) is 12.4 Å². The van der Waals surface area contributed by atoms with Crippen molar-refractivity contribution >= 4 is 11.6 Å². The van der Waals surface area contributed by atoms with Crippen molar-refractivity contribution in [3.63, 3.8) is 0 Å². The molecule has 0 aliphatic heterocycles. The van der Waals surface area contributed by atoms with Gasteiger partial charge in [-0.25, -0.2) is 0 Å². The number of halogens is 1. The van der Waals surface area contributed by atoms with E-state index in [1.165, 1.54) is 0 Å². The Morgan fingerprint density at radius 1 is 1.10 bits per heavy atom. The zero-order chi connectivity index (χ0) is 14.4. The molecule has 0 aliphatic rings. The van der Waals surface area contributed by atoms with Gasteiger partial charge >= 0.3 is 0 Å². The molecule has 2 aromatic carbocycles. The van der Waals surface area contributed by atoms with Crippen LogP contribution in [0.4, 0.5) is 0 Å². The lowest BCUT2D eigenvalue weighted by molar-refractivity contribution is 0.270. The van der Waals surface area contributed by atoms with E-state index in [9.17, 15) is 0 Å². The van der Waals surface area contributed by atoms with E-state index in [1.807, 2.05) is 48.5 Å². The minimum absolute atomic E-state index is 0.0556. The van der Waals surface area contributed by atoms with Gasteiger partial charge in [0.15, 0.2) is 0 Å². The van der Waals surface area contributed by atoms with Crippen molar-refractivity contribution in [3.05, 3.63) is 64.7 Å². The summed E-state index contributed by atoms with van der Waals surface area (Å²) in [4.78, 5) is 0. The van der Waals surface area contributed by atoms with Gasteiger partial charge in [0.2, 0.25) is 0 Å². The molecule has 0 aromatic heterocycles. The molecule has 4 heteroatoms. The maximum Gasteiger partial charge on any atom is 0.124 e. The van der Waals surface area contributed by atoms with Crippen LogP contribution in [0.15, 0.2) is 48.5 Å². The largest absolute Gasteiger partial charge is 0.489 e. The number of rotatable bonds is 6. The maximum absolute atomic E-state index is 8.99. The fourth-order valence-electron chi connectivity index (χ4n) is 1.98. The van der Waals surface area contributed by atoms with Gasteiger partial charge in [-0.3, -0.25) is 0 Å². The summed E-state index contributed by atoms with van der Waals surface area (Å²) in [5, 5.41) is 9.68. The summed E-state index contributed by atoms with van der Waals surface area (Å²) in [6, 6.07) is 15.0. The first kappa shape index (κ1) is 14.9. The molecule has 0 aliphatic carbocycles. The van der Waals surface area contributed by atoms with Gasteiger partial charge in [-0.15, -0.1) is 0 Å². The van der Waals surface area contributed by atoms with Crippen LogP contribution in [0, 0.1) is 0 Å². The fourth-order valence-corrected chi connectivity index (χ4v) is 2.17. The van der Waals surface area contributed by atoms with E-state index >= 15 is 0 Å². The molecule has 2 rings (SSSR count). The molecule has 3 nitrogen and oxygen atoms in total. The molecule has 0 amide bonds. The third kappa shape index (κ3) is 3.73. The summed E-state index contributed by atoms with van der Waals surface area (Å²) >= 11 is 6.10. The van der Waals surface area contributed by atoms with Gasteiger partial charge in [0.05, 0.1) is 0 Å². The van der Waals surface area contributed by atoms with Crippen LogP contribution in [-0.2, 0) is 6.61 Å². The van der Waals surface area contributed by atoms with E-state index in [0.717, 1.165) is 16.9 Å². The lowest BCUT2D eigenvalue weighted by Crippen LogP contribution is -2.13. The van der Waals surface area contributed by atoms with E-state index in [-0.39, 0.29) is 12.6 Å². The molecular weight excluding hydrogens is 274 g/mol. The average Bonchev–Trinajstić information content (AvgIpc) is 2.47. The zero-order valence-electron chi connectivity index (χ0n) is 11.1. The van der Waals surface area contributed by atoms with E-state index < -0.39 is 0 Å². The molecule has 106 valence electrons. The Labute approximate surface area is 123 Å². The van der Waals surface area contributed by atoms with Crippen molar-refractivity contribution in [3.8, 4) is 5.75 Å². The van der Waals surface area contributed by atoms with Gasteiger partial charge in [-0.2, -0.15) is 0 Å². The Bertz CT molecular complexity index is 560. The van der Waals surface area contributed by atoms with Crippen molar-refractivity contribution in [2.45, 2.75) is 19.1 Å². The molecular formula is C16H18ClNO2. The summed E-state index contributed by atoms with van der Waals surface area (Å²) in [7, 11) is 0. The molecule has 0 heterocycles. The Balaban J connectivity index is 2.12. The quantitative estimate of drug-likeness (QED) is 0.858. The predicted octanol–water partition coefficient (Wildman–Crippen LogP) is 3.30. The molecule has 0 saturated carbocycles. The highest BCUT2D eigenvalue weighted by Gasteiger charge is 2.11. The molecule has 0 radical (unpaired) electrons. The summed E-state index contributed by atoms with van der Waals surface area (Å²) in [5.41, 5.74) is 7.87. The Morgan fingerprint density at radius 2 is 1.80 bits per heavy atom. The van der Waals surface area contributed by atoms with Crippen molar-refractivity contribution < 1.29 is 9.84 Å². The molecule has 3 N–H and O–H groups in total. The van der Waals surface area contributed by atoms with Gasteiger partial charge in [-0.1, -0.05) is 48.0 Å². The fraction of sp³-hybridized carbons (Fsp3) is 0.250. The highest BCUT2D eigenvalue weighted by molar-refractivity contribution is 6.31. The van der Waals surface area contributed by atoms with Crippen LogP contribution in [0.1, 0.15) is 23.6 Å². The number of ether oxygens (including phenoxy) is 1. The van der Waals surface area contributed by atoms with Crippen molar-refractivity contribution in [1.29, 1.82) is 0 Å². The second kappa shape index (κ2) is 7.29. The topological polar surface area (TPSA) is 55.5 Å². The number of hydrogen-bond acceptors (Lipinski definition) is 3. The van der Waals surface area contributed by atoms with Crippen LogP contribution in [-0.4, -0.2) is 11.7 Å². The SMILES string of the molecule is N[C@@H](CCO)c1ccccc1OCc1ccccc1Cl. The second-order valence-electron chi connectivity index (χ2n) is 4.54. The normalized spacial score (nSPS) is 12.2. The summed E-state index contributed by atoms with van der Waals surface area (Å²) in [6.45, 7) is 0.447. The third-order valence-electron chi connectivity index (χ3n) is 3.10. The molecule has 20 heavy (non-hydrogen) atoms. The van der Waals surface area contributed by atoms with Crippen LogP contribution >= 0.6 is 11.6 Å². The zero-order valence-corrected chi connectivity index (χ0v) is 11.9. The molecule has 1 atom stereocenters. The minimum atomic E-state index is -0.234. The summed E-state index contributed by atoms with van der Waals surface area (Å²) in [5.74, 6) is 0.730. The van der Waals surface area contributed by atoms with Gasteiger partial charge in [-0.05, 0) is 18.6 Å². The minimum Gasteiger partial charge on any atom is -0.489 e. The Morgan fingerprint density at radius 3 is 2.55 bits per heavy atom. The van der Waals surface area contributed by atoms with E-state index in [1.54, 1.807) is 0 Å². The van der Waals surface area contributed by atoms with E-state index in [2.05, 4.69) is 0 Å². The molecule has 0 unspecified atom stereocenters. The first-order chi connectivity index (χ1) is 9.72. The Hall–Kier alpha value is -1.55. The molecule has 2 aromatic rings. The molecule has 0 fully saturated rings. The first-order valence-corrected chi connectivity index (χ1v) is 6.91. The number of nitrogens with two attached hydrogens (primary N) is 1. The second-order valence-corrected chi connectivity index (χ2v) is 4.94. The highest BCUT2D eigenvalue weighted by atomic mass is 35.5. The lowest BCUT2D eigenvalue weighted by Gasteiger charge is -2.16. The van der Waals surface area contributed by atoms with Gasteiger partial charge in [0, 0.05) is 28.8 Å². The van der Waals surface area contributed by atoms with Crippen LogP contribution in [0.3, 0.4) is 0 Å². The average molecular weight is 292 g/mol. The molecule has 0 bridgehead atoms. The Kier molecular flexibility index (Phi) is 5.41. The third-order valence-corrected chi connectivity index (χ3v) is 3.47. The molecule has 0 spiro atoms. The standard InChI is InChI=1S/C16H18ClNO2/c17-14-7-3-1-5-12(14)11-20-16-8-4-2-6-13(16)15(18)9-10-19/h1-8,15,19H,9-11,18H2/t15-/m0/s1. The summed E-state index contributed by atoms with van der Waals surface area (Å²) < 4.78 is 5.83. The van der Waals surface area contributed by atoms with Gasteiger partial charge in [0.25, 0.3) is 0 Å². The van der Waals surface area contributed by atoms with Crippen molar-refractivity contribution in [1.82, 2.24) is 0 Å². The highest BCUT2D eigenvalue weighted by Crippen LogP contribution is 2.27. The summed E-state index contributed by atoms with van der Waals surface area (Å²) in [6.07, 6.45) is 0.506. The lowest BCUT2D eigenvalue weighted by atomic mass is 10.0. The monoisotopic (exact) mass is 291 g/mol. The van der Waals surface area contributed by atoms with Crippen molar-refractivity contribution in [2.75, 3.05) is 6.61 Å². The number of aliphatic hydroxyl groups is 1. The number of para-hydroxylation sites is 1. The predicted molar refractivity (Wildman–Crippen MR) is 80.9 cm³/mol. The first-order valence-electron chi connectivity index (χ1n) is 6.54. The van der Waals surface area contributed by atoms with E-state index in [4.69, 9.17) is 27.2 Å². The smallest absolute Gasteiger partial charge is 0.124 e. The molecule has 0 saturated heterocycles. The van der Waals surface area contributed by atoms with Crippen LogP contribution in [0.25, 0.3) is 0 Å². The number of aliphatic hydroxyl groups excluding tert-OH is 1. The van der Waals surface area contributed by atoms with Crippen LogP contribution < -0.4 is 10.5 Å². The van der Waals surface area contributed by atoms with Gasteiger partial charge < -0.3 is 15.6 Å².